The maximum Gasteiger partial charge on any atom is 0.407 e. The van der Waals surface area contributed by atoms with Gasteiger partial charge in [0.15, 0.2) is 0 Å². The van der Waals surface area contributed by atoms with Crippen molar-refractivity contribution in [2.75, 3.05) is 19.7 Å². The lowest BCUT2D eigenvalue weighted by atomic mass is 9.98. The Hall–Kier alpha value is -3.35. The molecule has 1 saturated heterocycles. The molecule has 2 aliphatic carbocycles. The van der Waals surface area contributed by atoms with Crippen LogP contribution in [-0.4, -0.2) is 53.7 Å². The molecule has 178 valence electrons. The second-order valence-electron chi connectivity index (χ2n) is 9.61. The summed E-state index contributed by atoms with van der Waals surface area (Å²) in [7, 11) is 0. The Morgan fingerprint density at radius 3 is 2.26 bits per heavy atom. The van der Waals surface area contributed by atoms with Gasteiger partial charge in [0.05, 0.1) is 5.92 Å². The third-order valence-electron chi connectivity index (χ3n) is 7.32. The average Bonchev–Trinajstić information content (AvgIpc) is 3.42. The quantitative estimate of drug-likeness (QED) is 0.618. The molecule has 2 amide bonds. The van der Waals surface area contributed by atoms with Crippen LogP contribution in [0.25, 0.3) is 11.1 Å². The highest BCUT2D eigenvalue weighted by Crippen LogP contribution is 2.44. The van der Waals surface area contributed by atoms with Gasteiger partial charge in [0.1, 0.15) is 12.6 Å². The lowest BCUT2D eigenvalue weighted by molar-refractivity contribution is -0.150. The van der Waals surface area contributed by atoms with E-state index in [2.05, 4.69) is 29.6 Å². The smallest absolute Gasteiger partial charge is 0.407 e. The minimum Gasteiger partial charge on any atom is -0.480 e. The monoisotopic (exact) mass is 462 g/mol. The molecule has 7 heteroatoms. The molecule has 3 aliphatic rings. The van der Waals surface area contributed by atoms with Crippen molar-refractivity contribution in [3.05, 3.63) is 59.7 Å². The molecule has 0 radical (unpaired) electrons. The van der Waals surface area contributed by atoms with Gasteiger partial charge in [-0.3, -0.25) is 4.79 Å². The molecule has 1 aliphatic heterocycles. The zero-order valence-electron chi connectivity index (χ0n) is 19.1. The summed E-state index contributed by atoms with van der Waals surface area (Å²) in [6.45, 7) is 0.838. The molecule has 34 heavy (non-hydrogen) atoms. The van der Waals surface area contributed by atoms with Gasteiger partial charge in [-0.05, 0) is 47.4 Å². The van der Waals surface area contributed by atoms with Crippen LogP contribution in [-0.2, 0) is 14.3 Å². The van der Waals surface area contributed by atoms with E-state index in [1.54, 1.807) is 0 Å². The summed E-state index contributed by atoms with van der Waals surface area (Å²) in [6.07, 6.45) is 3.46. The predicted molar refractivity (Wildman–Crippen MR) is 126 cm³/mol. The van der Waals surface area contributed by atoms with E-state index >= 15 is 0 Å². The first-order valence-corrected chi connectivity index (χ1v) is 12.1. The highest BCUT2D eigenvalue weighted by molar-refractivity contribution is 5.86. The minimum absolute atomic E-state index is 0.0250. The van der Waals surface area contributed by atoms with Gasteiger partial charge in [-0.15, -0.1) is 0 Å². The zero-order chi connectivity index (χ0) is 23.7. The Morgan fingerprint density at radius 2 is 1.65 bits per heavy atom. The van der Waals surface area contributed by atoms with Crippen LogP contribution < -0.4 is 5.32 Å². The van der Waals surface area contributed by atoms with Crippen LogP contribution in [0, 0.1) is 11.8 Å². The van der Waals surface area contributed by atoms with Crippen molar-refractivity contribution in [3.8, 4) is 11.1 Å². The molecular formula is C27H30N2O5. The van der Waals surface area contributed by atoms with Crippen molar-refractivity contribution >= 4 is 18.0 Å². The summed E-state index contributed by atoms with van der Waals surface area (Å²) in [5.74, 6) is -1.10. The van der Waals surface area contributed by atoms with Gasteiger partial charge in [-0.25, -0.2) is 9.59 Å². The van der Waals surface area contributed by atoms with E-state index in [9.17, 15) is 19.5 Å². The van der Waals surface area contributed by atoms with Crippen molar-refractivity contribution in [1.29, 1.82) is 0 Å². The second-order valence-corrected chi connectivity index (χ2v) is 9.61. The van der Waals surface area contributed by atoms with E-state index in [4.69, 9.17) is 4.74 Å². The van der Waals surface area contributed by atoms with Crippen LogP contribution in [0.5, 0.6) is 0 Å². The van der Waals surface area contributed by atoms with E-state index < -0.39 is 24.0 Å². The van der Waals surface area contributed by atoms with Crippen LogP contribution in [0.2, 0.25) is 0 Å². The number of hydrogen-bond donors (Lipinski definition) is 2. The number of ether oxygens (including phenoxy) is 1. The fourth-order valence-electron chi connectivity index (χ4n) is 5.41. The number of alkyl carbamates (subject to hydrolysis) is 1. The Labute approximate surface area is 199 Å². The Balaban J connectivity index is 1.20. The number of carbonyl (C=O) groups excluding carboxylic acids is 2. The molecule has 2 fully saturated rings. The maximum absolute atomic E-state index is 13.1. The number of carboxylic acids is 1. The molecule has 0 spiro atoms. The fourth-order valence-corrected chi connectivity index (χ4v) is 5.41. The van der Waals surface area contributed by atoms with Crippen LogP contribution in [0.1, 0.15) is 49.1 Å². The van der Waals surface area contributed by atoms with Crippen molar-refractivity contribution in [2.24, 2.45) is 11.8 Å². The number of amides is 2. The van der Waals surface area contributed by atoms with E-state index in [0.29, 0.717) is 31.7 Å². The number of nitrogens with one attached hydrogen (secondary N) is 1. The lowest BCUT2D eigenvalue weighted by Gasteiger charge is -2.27. The average molecular weight is 463 g/mol. The van der Waals surface area contributed by atoms with Crippen molar-refractivity contribution in [3.63, 3.8) is 0 Å². The topological polar surface area (TPSA) is 95.9 Å². The lowest BCUT2D eigenvalue weighted by Crippen LogP contribution is -2.46. The summed E-state index contributed by atoms with van der Waals surface area (Å²) >= 11 is 0. The Kier molecular flexibility index (Phi) is 6.26. The summed E-state index contributed by atoms with van der Waals surface area (Å²) in [6, 6.07) is 15.6. The molecule has 2 aromatic rings. The Morgan fingerprint density at radius 1 is 1.00 bits per heavy atom. The highest BCUT2D eigenvalue weighted by atomic mass is 16.5. The van der Waals surface area contributed by atoms with Crippen LogP contribution in [0.15, 0.2) is 48.5 Å². The van der Waals surface area contributed by atoms with Crippen LogP contribution in [0.4, 0.5) is 4.79 Å². The van der Waals surface area contributed by atoms with Gasteiger partial charge in [0.25, 0.3) is 0 Å². The molecule has 1 saturated carbocycles. The number of carbonyl (C=O) groups is 3. The zero-order valence-corrected chi connectivity index (χ0v) is 19.1. The fraction of sp³-hybridized carbons (Fsp3) is 0.444. The van der Waals surface area contributed by atoms with Crippen molar-refractivity contribution < 1.29 is 24.2 Å². The molecule has 1 heterocycles. The second kappa shape index (κ2) is 9.49. The van der Waals surface area contributed by atoms with Gasteiger partial charge in [-0.1, -0.05) is 61.4 Å². The number of fused-ring (bicyclic) bond motifs is 3. The number of hydrogen-bond acceptors (Lipinski definition) is 4. The SMILES string of the molecule is O=C(NCC(CC1CC1)C(=O)N1CCCC1C(=O)O)OCC1c2ccccc2-c2ccccc21. The molecular weight excluding hydrogens is 432 g/mol. The molecule has 2 atom stereocenters. The number of likely N-dealkylation sites (tertiary alicyclic amines) is 1. The number of carboxylic acid groups (broad SMARTS) is 1. The molecule has 7 nitrogen and oxygen atoms in total. The molecule has 0 aromatic heterocycles. The maximum atomic E-state index is 13.1. The van der Waals surface area contributed by atoms with Crippen molar-refractivity contribution in [2.45, 2.75) is 44.1 Å². The van der Waals surface area contributed by atoms with Gasteiger partial charge in [0.2, 0.25) is 5.91 Å². The highest BCUT2D eigenvalue weighted by Gasteiger charge is 2.39. The largest absolute Gasteiger partial charge is 0.480 e. The van der Waals surface area contributed by atoms with Gasteiger partial charge >= 0.3 is 12.1 Å². The summed E-state index contributed by atoms with van der Waals surface area (Å²) in [5, 5.41) is 12.2. The molecule has 5 rings (SSSR count). The first-order chi connectivity index (χ1) is 16.5. The van der Waals surface area contributed by atoms with Gasteiger partial charge in [-0.2, -0.15) is 0 Å². The molecule has 2 aromatic carbocycles. The summed E-state index contributed by atoms with van der Waals surface area (Å²) < 4.78 is 5.61. The number of benzene rings is 2. The molecule has 0 bridgehead atoms. The van der Waals surface area contributed by atoms with E-state index in [0.717, 1.165) is 24.0 Å². The van der Waals surface area contributed by atoms with Crippen LogP contribution in [0.3, 0.4) is 0 Å². The standard InChI is InChI=1S/C27H30N2O5/c30-25(29-13-5-10-24(29)26(31)32)18(14-17-11-12-17)15-28-27(33)34-16-23-21-8-3-1-6-19(21)20-7-2-4-9-22(20)23/h1-4,6-9,17-18,23-24H,5,10-16H2,(H,28,33)(H,31,32). The van der Waals surface area contributed by atoms with Crippen LogP contribution >= 0.6 is 0 Å². The first-order valence-electron chi connectivity index (χ1n) is 12.1. The number of aliphatic carboxylic acids is 1. The van der Waals surface area contributed by atoms with Gasteiger partial charge in [0, 0.05) is 19.0 Å². The number of nitrogens with zero attached hydrogens (tertiary/aromatic N) is 1. The number of rotatable bonds is 8. The van der Waals surface area contributed by atoms with E-state index in [-0.39, 0.29) is 25.0 Å². The van der Waals surface area contributed by atoms with Gasteiger partial charge < -0.3 is 20.1 Å². The third kappa shape index (κ3) is 4.52. The summed E-state index contributed by atoms with van der Waals surface area (Å²) in [4.78, 5) is 38.8. The predicted octanol–water partition coefficient (Wildman–Crippen LogP) is 4.02. The molecule has 2 N–H and O–H groups in total. The normalized spacial score (nSPS) is 19.9. The first kappa shape index (κ1) is 22.4. The summed E-state index contributed by atoms with van der Waals surface area (Å²) in [5.41, 5.74) is 4.63. The molecule has 2 unspecified atom stereocenters. The third-order valence-corrected chi connectivity index (χ3v) is 7.32. The van der Waals surface area contributed by atoms with E-state index in [1.165, 1.54) is 16.0 Å². The van der Waals surface area contributed by atoms with E-state index in [1.807, 2.05) is 24.3 Å². The minimum atomic E-state index is -0.958. The van der Waals surface area contributed by atoms with Crippen molar-refractivity contribution in [1.82, 2.24) is 10.2 Å². The Bertz CT molecular complexity index is 1050.